The molecular formula is C70H64N2. The summed E-state index contributed by atoms with van der Waals surface area (Å²) < 4.78 is 2.44. The predicted molar refractivity (Wildman–Crippen MR) is 311 cm³/mol. The summed E-state index contributed by atoms with van der Waals surface area (Å²) in [5, 5.41) is 4.94. The van der Waals surface area contributed by atoms with Crippen molar-refractivity contribution >= 4 is 49.6 Å². The number of rotatable bonds is 8. The van der Waals surface area contributed by atoms with Crippen LogP contribution in [0.1, 0.15) is 79.0 Å². The van der Waals surface area contributed by atoms with Crippen LogP contribution < -0.4 is 4.90 Å². The first kappa shape index (κ1) is 46.4. The molecule has 0 atom stereocenters. The fourth-order valence-corrected chi connectivity index (χ4v) is 10.7. The lowest BCUT2D eigenvalue weighted by Crippen LogP contribution is -2.16. The molecule has 1 aromatic heterocycles. The Kier molecular flexibility index (Phi) is 11.6. The highest BCUT2D eigenvalue weighted by atomic mass is 15.1. The van der Waals surface area contributed by atoms with Crippen molar-refractivity contribution in [2.45, 2.75) is 78.6 Å². The number of anilines is 3. The summed E-state index contributed by atoms with van der Waals surface area (Å²) in [5.74, 6) is 0. The van der Waals surface area contributed by atoms with Crippen LogP contribution in [-0.2, 0) is 16.2 Å². The Labute approximate surface area is 426 Å². The summed E-state index contributed by atoms with van der Waals surface area (Å²) in [6, 6.07) is 83.7. The normalized spacial score (nSPS) is 12.2. The maximum absolute atomic E-state index is 2.54. The lowest BCUT2D eigenvalue weighted by Gasteiger charge is -2.32. The zero-order valence-corrected chi connectivity index (χ0v) is 43.3. The smallest absolute Gasteiger partial charge is 0.0619 e. The number of nitrogens with zero attached hydrogens (tertiary/aromatic N) is 2. The molecule has 0 N–H and O–H groups in total. The van der Waals surface area contributed by atoms with E-state index in [-0.39, 0.29) is 16.2 Å². The predicted octanol–water partition coefficient (Wildman–Crippen LogP) is 20.0. The van der Waals surface area contributed by atoms with E-state index in [1.54, 1.807) is 0 Å². The fourth-order valence-electron chi connectivity index (χ4n) is 10.7. The molecule has 2 nitrogen and oxygen atoms in total. The van der Waals surface area contributed by atoms with Crippen molar-refractivity contribution in [3.63, 3.8) is 0 Å². The second kappa shape index (κ2) is 18.0. The molecule has 0 unspecified atom stereocenters. The topological polar surface area (TPSA) is 8.17 Å². The van der Waals surface area contributed by atoms with E-state index in [4.69, 9.17) is 0 Å². The van der Waals surface area contributed by atoms with E-state index in [9.17, 15) is 0 Å². The van der Waals surface area contributed by atoms with Crippen molar-refractivity contribution in [2.75, 3.05) is 4.90 Å². The first-order chi connectivity index (χ1) is 34.6. The quantitative estimate of drug-likeness (QED) is 0.147. The molecule has 0 aliphatic carbocycles. The molecule has 72 heavy (non-hydrogen) atoms. The lowest BCUT2D eigenvalue weighted by atomic mass is 9.78. The standard InChI is InChI=1S/C70H64N2/c1-68(2,3)51-40-41-56(47-24-12-10-13-25-47)65(46-51)71(55-31-20-28-49(44-55)58-35-23-37-62-60-33-17-19-39-64(60)72(67(58)62)54-29-14-11-15-30-54)63-38-18-16-32-59(63)61-36-22-27-48-26-21-34-57(66(48)61)50-42-52(69(4,5)6)45-53(43-50)70(7,8)9/h10-46H,1-9H3. The molecule has 0 aliphatic heterocycles. The minimum atomic E-state index is -0.102. The van der Waals surface area contributed by atoms with Crippen LogP contribution in [0.3, 0.4) is 0 Å². The van der Waals surface area contributed by atoms with Crippen molar-refractivity contribution in [1.82, 2.24) is 4.57 Å². The Hall–Kier alpha value is -7.94. The third kappa shape index (κ3) is 8.49. The SMILES string of the molecule is CC(C)(C)c1cc(-c2cccc3cccc(-c4ccccc4N(c4cccc(-c5cccc6c7ccccc7n(-c7ccccc7)c56)c4)c4cc(C(C)(C)C)ccc4-c4ccccc4)c23)cc(C(C)(C)C)c1. The second-order valence-corrected chi connectivity index (χ2v) is 22.6. The van der Waals surface area contributed by atoms with Crippen LogP contribution in [0, 0.1) is 0 Å². The first-order valence-corrected chi connectivity index (χ1v) is 25.6. The van der Waals surface area contributed by atoms with Crippen LogP contribution in [0.15, 0.2) is 224 Å². The van der Waals surface area contributed by atoms with Gasteiger partial charge >= 0.3 is 0 Å². The van der Waals surface area contributed by atoms with E-state index in [0.717, 1.165) is 33.9 Å². The number of benzene rings is 10. The van der Waals surface area contributed by atoms with E-state index in [2.05, 4.69) is 296 Å². The number of fused-ring (bicyclic) bond motifs is 4. The lowest BCUT2D eigenvalue weighted by molar-refractivity contribution is 0.569. The minimum absolute atomic E-state index is 0.0211. The molecule has 354 valence electrons. The van der Waals surface area contributed by atoms with Gasteiger partial charge < -0.3 is 9.47 Å². The second-order valence-electron chi connectivity index (χ2n) is 22.6. The van der Waals surface area contributed by atoms with Crippen molar-refractivity contribution < 1.29 is 0 Å². The van der Waals surface area contributed by atoms with E-state index in [0.29, 0.717) is 0 Å². The van der Waals surface area contributed by atoms with Crippen LogP contribution in [0.2, 0.25) is 0 Å². The van der Waals surface area contributed by atoms with Crippen molar-refractivity contribution in [2.24, 2.45) is 0 Å². The molecule has 11 rings (SSSR count). The van der Waals surface area contributed by atoms with Gasteiger partial charge in [-0.3, -0.25) is 0 Å². The monoisotopic (exact) mass is 933 g/mol. The molecule has 0 radical (unpaired) electrons. The molecule has 0 saturated carbocycles. The van der Waals surface area contributed by atoms with Gasteiger partial charge in [0.1, 0.15) is 0 Å². The molecule has 0 saturated heterocycles. The van der Waals surface area contributed by atoms with Gasteiger partial charge in [0, 0.05) is 38.8 Å². The van der Waals surface area contributed by atoms with Gasteiger partial charge in [0.15, 0.2) is 0 Å². The van der Waals surface area contributed by atoms with Gasteiger partial charge in [-0.25, -0.2) is 0 Å². The molecule has 0 bridgehead atoms. The summed E-state index contributed by atoms with van der Waals surface area (Å²) in [5.41, 5.74) is 20.2. The maximum Gasteiger partial charge on any atom is 0.0619 e. The van der Waals surface area contributed by atoms with Crippen molar-refractivity contribution in [3.8, 4) is 50.2 Å². The largest absolute Gasteiger partial charge is 0.309 e. The summed E-state index contributed by atoms with van der Waals surface area (Å²) in [6.07, 6.45) is 0. The number of hydrogen-bond donors (Lipinski definition) is 0. The van der Waals surface area contributed by atoms with E-state index in [1.807, 2.05) is 0 Å². The summed E-state index contributed by atoms with van der Waals surface area (Å²) in [7, 11) is 0. The third-order valence-corrected chi connectivity index (χ3v) is 14.6. The van der Waals surface area contributed by atoms with Gasteiger partial charge in [0.05, 0.1) is 22.4 Å². The Bertz CT molecular complexity index is 3760. The average molecular weight is 933 g/mol. The Morgan fingerprint density at radius 2 is 0.889 bits per heavy atom. The van der Waals surface area contributed by atoms with Gasteiger partial charge in [-0.1, -0.05) is 244 Å². The zero-order chi connectivity index (χ0) is 49.9. The average Bonchev–Trinajstić information content (AvgIpc) is 3.73. The Morgan fingerprint density at radius 1 is 0.333 bits per heavy atom. The van der Waals surface area contributed by atoms with E-state index in [1.165, 1.54) is 82.6 Å². The summed E-state index contributed by atoms with van der Waals surface area (Å²) >= 11 is 0. The Morgan fingerprint density at radius 3 is 1.60 bits per heavy atom. The highest BCUT2D eigenvalue weighted by Gasteiger charge is 2.27. The van der Waals surface area contributed by atoms with Gasteiger partial charge in [0.2, 0.25) is 0 Å². The first-order valence-electron chi connectivity index (χ1n) is 25.6. The van der Waals surface area contributed by atoms with Gasteiger partial charge in [-0.15, -0.1) is 0 Å². The van der Waals surface area contributed by atoms with Crippen molar-refractivity contribution in [3.05, 3.63) is 241 Å². The molecule has 0 spiro atoms. The van der Waals surface area contributed by atoms with Crippen molar-refractivity contribution in [1.29, 1.82) is 0 Å². The molecule has 0 fully saturated rings. The third-order valence-electron chi connectivity index (χ3n) is 14.6. The van der Waals surface area contributed by atoms with Crippen LogP contribution in [0.5, 0.6) is 0 Å². The molecule has 0 amide bonds. The Balaban J connectivity index is 1.20. The number of para-hydroxylation sites is 4. The maximum atomic E-state index is 2.54. The van der Waals surface area contributed by atoms with Gasteiger partial charge in [0.25, 0.3) is 0 Å². The van der Waals surface area contributed by atoms with E-state index >= 15 is 0 Å². The van der Waals surface area contributed by atoms with Gasteiger partial charge in [-0.2, -0.15) is 0 Å². The summed E-state index contributed by atoms with van der Waals surface area (Å²) in [4.78, 5) is 2.54. The minimum Gasteiger partial charge on any atom is -0.309 e. The fraction of sp³-hybridized carbons (Fsp3) is 0.171. The van der Waals surface area contributed by atoms with Crippen LogP contribution in [0.25, 0.3) is 82.8 Å². The van der Waals surface area contributed by atoms with E-state index < -0.39 is 0 Å². The van der Waals surface area contributed by atoms with Crippen LogP contribution >= 0.6 is 0 Å². The van der Waals surface area contributed by atoms with Crippen LogP contribution in [-0.4, -0.2) is 4.57 Å². The molecule has 1 heterocycles. The molecule has 11 aromatic rings. The number of aromatic nitrogens is 1. The number of hydrogen-bond acceptors (Lipinski definition) is 1. The molecule has 2 heteroatoms. The highest BCUT2D eigenvalue weighted by molar-refractivity contribution is 6.14. The molecule has 10 aromatic carbocycles. The zero-order valence-electron chi connectivity index (χ0n) is 43.3. The van der Waals surface area contributed by atoms with Crippen LogP contribution in [0.4, 0.5) is 17.1 Å². The highest BCUT2D eigenvalue weighted by Crippen LogP contribution is 2.50. The molecular weight excluding hydrogens is 869 g/mol. The molecule has 0 aliphatic rings. The summed E-state index contributed by atoms with van der Waals surface area (Å²) in [6.45, 7) is 20.9. The van der Waals surface area contributed by atoms with Gasteiger partial charge in [-0.05, 0) is 114 Å².